The molecule has 1 aliphatic carbocycles. The molecule has 1 heterocycles. The zero-order chi connectivity index (χ0) is 40.3. The fourth-order valence-corrected chi connectivity index (χ4v) is 11.0. The van der Waals surface area contributed by atoms with E-state index >= 15 is 0 Å². The van der Waals surface area contributed by atoms with Gasteiger partial charge in [0, 0.05) is 37.2 Å². The lowest BCUT2D eigenvalue weighted by Gasteiger charge is -2.35. The quantitative estimate of drug-likeness (QED) is 0.155. The number of hydrogen-bond acceptors (Lipinski definition) is 2. The third-order valence-corrected chi connectivity index (χ3v) is 13.9. The zero-order valence-corrected chi connectivity index (χ0v) is 34.2. The van der Waals surface area contributed by atoms with E-state index in [0.717, 1.165) is 17.1 Å². The molecule has 0 fully saturated rings. The summed E-state index contributed by atoms with van der Waals surface area (Å²) in [6, 6.07) is 87.4. The average Bonchev–Trinajstić information content (AvgIpc) is 3.86. The Morgan fingerprint density at radius 2 is 0.836 bits per heavy atom. The molecule has 0 unspecified atom stereocenters. The SMILES string of the molecule is c1ccc(C2(c3ccccc3)c3ccccc3-c3ccc(N(c4ccc(-c5ccc6ccccc6c5)cc4)c4ccc(-c5ccc6sc7ccccc7c6c5)cc4)cc32)cc1. The highest BCUT2D eigenvalue weighted by Crippen LogP contribution is 2.57. The van der Waals surface area contributed by atoms with Gasteiger partial charge < -0.3 is 4.90 Å². The van der Waals surface area contributed by atoms with Crippen molar-refractivity contribution in [3.05, 3.63) is 259 Å². The molecule has 0 bridgehead atoms. The van der Waals surface area contributed by atoms with Gasteiger partial charge in [-0.25, -0.2) is 0 Å². The first-order valence-electron chi connectivity index (χ1n) is 21.0. The number of benzene rings is 10. The monoisotopic (exact) mass is 793 g/mol. The number of nitrogens with zero attached hydrogens (tertiary/aromatic N) is 1. The molecule has 286 valence electrons. The highest BCUT2D eigenvalue weighted by molar-refractivity contribution is 7.25. The van der Waals surface area contributed by atoms with Gasteiger partial charge in [-0.05, 0) is 127 Å². The molecular formula is C59H39NS. The maximum absolute atomic E-state index is 2.45. The number of rotatable bonds is 7. The minimum Gasteiger partial charge on any atom is -0.310 e. The fourth-order valence-electron chi connectivity index (χ4n) is 9.90. The van der Waals surface area contributed by atoms with Crippen molar-refractivity contribution < 1.29 is 0 Å². The van der Waals surface area contributed by atoms with Crippen LogP contribution in [-0.2, 0) is 5.41 Å². The standard InChI is InChI=1S/C59H39NS/c1-3-15-46(16-4-1)59(47-17-5-2-6-18-47)55-21-11-9-19-51(55)52-35-34-50(39-56(52)59)60(48-30-25-41(26-31-48)44-24-23-40-13-7-8-14-43(40)37-44)49-32-27-42(28-33-49)45-29-36-58-54(38-45)53-20-10-12-22-57(53)61-58/h1-39H. The summed E-state index contributed by atoms with van der Waals surface area (Å²) in [6.45, 7) is 0. The van der Waals surface area contributed by atoms with E-state index < -0.39 is 5.41 Å². The largest absolute Gasteiger partial charge is 0.310 e. The molecule has 12 rings (SSSR count). The molecule has 1 aromatic heterocycles. The molecule has 0 saturated heterocycles. The average molecular weight is 794 g/mol. The molecule has 0 radical (unpaired) electrons. The Kier molecular flexibility index (Phi) is 8.33. The van der Waals surface area contributed by atoms with Crippen LogP contribution in [0, 0.1) is 0 Å². The third-order valence-electron chi connectivity index (χ3n) is 12.7. The van der Waals surface area contributed by atoms with Gasteiger partial charge in [0.05, 0.1) is 5.41 Å². The van der Waals surface area contributed by atoms with E-state index in [4.69, 9.17) is 0 Å². The molecule has 10 aromatic carbocycles. The third kappa shape index (κ3) is 5.75. The van der Waals surface area contributed by atoms with Gasteiger partial charge in [0.1, 0.15) is 0 Å². The Hall–Kier alpha value is -7.52. The molecule has 11 aromatic rings. The van der Waals surface area contributed by atoms with Crippen LogP contribution in [0.15, 0.2) is 237 Å². The summed E-state index contributed by atoms with van der Waals surface area (Å²) in [6.07, 6.45) is 0. The van der Waals surface area contributed by atoms with Crippen molar-refractivity contribution in [2.24, 2.45) is 0 Å². The molecule has 0 amide bonds. The van der Waals surface area contributed by atoms with E-state index in [2.05, 4.69) is 241 Å². The van der Waals surface area contributed by atoms with E-state index in [-0.39, 0.29) is 0 Å². The molecular weight excluding hydrogens is 755 g/mol. The van der Waals surface area contributed by atoms with E-state index in [1.165, 1.54) is 86.6 Å². The van der Waals surface area contributed by atoms with Crippen LogP contribution in [0.3, 0.4) is 0 Å². The van der Waals surface area contributed by atoms with Crippen LogP contribution < -0.4 is 4.90 Å². The van der Waals surface area contributed by atoms with Crippen molar-refractivity contribution in [3.8, 4) is 33.4 Å². The van der Waals surface area contributed by atoms with Gasteiger partial charge in [-0.15, -0.1) is 11.3 Å². The van der Waals surface area contributed by atoms with Crippen molar-refractivity contribution in [3.63, 3.8) is 0 Å². The van der Waals surface area contributed by atoms with Crippen LogP contribution >= 0.6 is 11.3 Å². The maximum Gasteiger partial charge on any atom is 0.0714 e. The van der Waals surface area contributed by atoms with Crippen molar-refractivity contribution in [1.29, 1.82) is 0 Å². The molecule has 0 N–H and O–H groups in total. The van der Waals surface area contributed by atoms with Gasteiger partial charge in [-0.1, -0.05) is 176 Å². The highest BCUT2D eigenvalue weighted by Gasteiger charge is 2.46. The van der Waals surface area contributed by atoms with Crippen LogP contribution in [0.5, 0.6) is 0 Å². The molecule has 0 atom stereocenters. The second kappa shape index (κ2) is 14.3. The van der Waals surface area contributed by atoms with Gasteiger partial charge in [0.2, 0.25) is 0 Å². The zero-order valence-electron chi connectivity index (χ0n) is 33.4. The van der Waals surface area contributed by atoms with Gasteiger partial charge in [-0.3, -0.25) is 0 Å². The van der Waals surface area contributed by atoms with Crippen molar-refractivity contribution >= 4 is 59.3 Å². The summed E-state index contributed by atoms with van der Waals surface area (Å²) in [5.41, 5.74) is 15.3. The second-order valence-corrected chi connectivity index (χ2v) is 17.1. The number of fused-ring (bicyclic) bond motifs is 7. The number of anilines is 3. The van der Waals surface area contributed by atoms with Crippen LogP contribution in [0.2, 0.25) is 0 Å². The molecule has 0 saturated carbocycles. The van der Waals surface area contributed by atoms with Crippen molar-refractivity contribution in [1.82, 2.24) is 0 Å². The van der Waals surface area contributed by atoms with Crippen LogP contribution in [0.4, 0.5) is 17.1 Å². The predicted octanol–water partition coefficient (Wildman–Crippen LogP) is 16.4. The Balaban J connectivity index is 1.02. The minimum atomic E-state index is -0.496. The molecule has 1 nitrogen and oxygen atoms in total. The Labute approximate surface area is 360 Å². The lowest BCUT2D eigenvalue weighted by molar-refractivity contribution is 0.768. The lowest BCUT2D eigenvalue weighted by atomic mass is 9.67. The van der Waals surface area contributed by atoms with Crippen LogP contribution in [0.25, 0.3) is 64.3 Å². The molecule has 1 aliphatic rings. The summed E-state index contributed by atoms with van der Waals surface area (Å²) >= 11 is 1.86. The summed E-state index contributed by atoms with van der Waals surface area (Å²) in [7, 11) is 0. The van der Waals surface area contributed by atoms with Crippen LogP contribution in [-0.4, -0.2) is 0 Å². The maximum atomic E-state index is 2.45. The Bertz CT molecular complexity index is 3360. The number of hydrogen-bond donors (Lipinski definition) is 0. The van der Waals surface area contributed by atoms with Gasteiger partial charge in [0.25, 0.3) is 0 Å². The first-order chi connectivity index (χ1) is 30.2. The summed E-state index contributed by atoms with van der Waals surface area (Å²) in [4.78, 5) is 2.42. The second-order valence-electron chi connectivity index (χ2n) is 16.1. The van der Waals surface area contributed by atoms with Gasteiger partial charge >= 0.3 is 0 Å². The van der Waals surface area contributed by atoms with E-state index in [1.807, 2.05) is 11.3 Å². The Morgan fingerprint density at radius 1 is 0.311 bits per heavy atom. The smallest absolute Gasteiger partial charge is 0.0714 e. The van der Waals surface area contributed by atoms with Crippen LogP contribution in [0.1, 0.15) is 22.3 Å². The van der Waals surface area contributed by atoms with E-state index in [9.17, 15) is 0 Å². The molecule has 0 aliphatic heterocycles. The minimum absolute atomic E-state index is 0.496. The summed E-state index contributed by atoms with van der Waals surface area (Å²) in [5, 5.41) is 5.13. The van der Waals surface area contributed by atoms with Gasteiger partial charge in [-0.2, -0.15) is 0 Å². The molecule has 61 heavy (non-hydrogen) atoms. The normalized spacial score (nSPS) is 12.7. The molecule has 2 heteroatoms. The van der Waals surface area contributed by atoms with Crippen molar-refractivity contribution in [2.75, 3.05) is 4.90 Å². The van der Waals surface area contributed by atoms with Crippen molar-refractivity contribution in [2.45, 2.75) is 5.41 Å². The first-order valence-corrected chi connectivity index (χ1v) is 21.8. The highest BCUT2D eigenvalue weighted by atomic mass is 32.1. The summed E-state index contributed by atoms with van der Waals surface area (Å²) in [5.74, 6) is 0. The van der Waals surface area contributed by atoms with E-state index in [1.54, 1.807) is 0 Å². The topological polar surface area (TPSA) is 3.24 Å². The lowest BCUT2D eigenvalue weighted by Crippen LogP contribution is -2.28. The fraction of sp³-hybridized carbons (Fsp3) is 0.0169. The Morgan fingerprint density at radius 3 is 1.56 bits per heavy atom. The first kappa shape index (κ1) is 35.4. The predicted molar refractivity (Wildman–Crippen MR) is 260 cm³/mol. The number of thiophene rings is 1. The summed E-state index contributed by atoms with van der Waals surface area (Å²) < 4.78 is 2.65. The van der Waals surface area contributed by atoms with E-state index in [0.29, 0.717) is 0 Å². The molecule has 0 spiro atoms. The van der Waals surface area contributed by atoms with Gasteiger partial charge in [0.15, 0.2) is 0 Å².